The van der Waals surface area contributed by atoms with Gasteiger partial charge in [0.2, 0.25) is 0 Å². The molecule has 0 unspecified atom stereocenters. The number of nitrogens with zero attached hydrogens (tertiary/aromatic N) is 1. The van der Waals surface area contributed by atoms with Crippen LogP contribution in [0.3, 0.4) is 0 Å². The van der Waals surface area contributed by atoms with Crippen molar-refractivity contribution in [2.24, 2.45) is 5.84 Å². The van der Waals surface area contributed by atoms with E-state index in [0.717, 1.165) is 3.57 Å². The number of hydrazine groups is 1. The second kappa shape index (κ2) is 6.65. The van der Waals surface area contributed by atoms with Gasteiger partial charge in [-0.1, -0.05) is 11.6 Å². The minimum atomic E-state index is -3.89. The van der Waals surface area contributed by atoms with Gasteiger partial charge in [0.1, 0.15) is 4.90 Å². The molecule has 112 valence electrons. The summed E-state index contributed by atoms with van der Waals surface area (Å²) >= 11 is 11.3. The van der Waals surface area contributed by atoms with Gasteiger partial charge in [-0.25, -0.2) is 19.2 Å². The molecule has 0 spiro atoms. The Hall–Kier alpha value is -0.620. The van der Waals surface area contributed by atoms with E-state index in [1.165, 1.54) is 12.3 Å². The Labute approximate surface area is 148 Å². The summed E-state index contributed by atoms with van der Waals surface area (Å²) in [7, 11) is -3.89. The van der Waals surface area contributed by atoms with Crippen molar-refractivity contribution in [3.63, 3.8) is 0 Å². The number of hydrogen-bond donors (Lipinski definition) is 3. The maximum atomic E-state index is 12.4. The van der Waals surface area contributed by atoms with E-state index >= 15 is 0 Å². The summed E-state index contributed by atoms with van der Waals surface area (Å²) in [4.78, 5) is 3.82. The highest BCUT2D eigenvalue weighted by Gasteiger charge is 2.21. The Morgan fingerprint density at radius 2 is 2.05 bits per heavy atom. The summed E-state index contributed by atoms with van der Waals surface area (Å²) in [6.45, 7) is 0. The van der Waals surface area contributed by atoms with Crippen LogP contribution in [0.25, 0.3) is 0 Å². The third kappa shape index (κ3) is 3.97. The van der Waals surface area contributed by atoms with Crippen LogP contribution in [0, 0.1) is 3.57 Å². The molecule has 0 aliphatic carbocycles. The number of nitrogens with two attached hydrogens (primary N) is 1. The number of nitrogen functional groups attached to an aromatic ring is 1. The largest absolute Gasteiger partial charge is 0.307 e. The average Bonchev–Trinajstić information content (AvgIpc) is 2.42. The molecule has 0 amide bonds. The van der Waals surface area contributed by atoms with Crippen molar-refractivity contribution in [1.29, 1.82) is 0 Å². The molecule has 21 heavy (non-hydrogen) atoms. The van der Waals surface area contributed by atoms with Crippen molar-refractivity contribution < 1.29 is 8.42 Å². The molecule has 0 bridgehead atoms. The Morgan fingerprint density at radius 1 is 1.33 bits per heavy atom. The van der Waals surface area contributed by atoms with E-state index in [4.69, 9.17) is 17.4 Å². The molecule has 0 saturated heterocycles. The second-order valence-corrected chi connectivity index (χ2v) is 8.09. The van der Waals surface area contributed by atoms with Crippen LogP contribution in [0.4, 0.5) is 11.5 Å². The van der Waals surface area contributed by atoms with Gasteiger partial charge in [-0.3, -0.25) is 4.72 Å². The zero-order valence-corrected chi connectivity index (χ0v) is 15.6. The lowest BCUT2D eigenvalue weighted by atomic mass is 10.3. The van der Waals surface area contributed by atoms with E-state index in [1.807, 2.05) is 0 Å². The molecule has 1 heterocycles. The van der Waals surface area contributed by atoms with Crippen molar-refractivity contribution in [3.8, 4) is 0 Å². The molecule has 0 aliphatic heterocycles. The van der Waals surface area contributed by atoms with E-state index in [9.17, 15) is 8.42 Å². The Balaban J connectivity index is 2.45. The maximum absolute atomic E-state index is 12.4. The Morgan fingerprint density at radius 3 is 2.67 bits per heavy atom. The minimum Gasteiger partial charge on any atom is -0.307 e. The lowest BCUT2D eigenvalue weighted by Gasteiger charge is -2.12. The van der Waals surface area contributed by atoms with Gasteiger partial charge < -0.3 is 5.43 Å². The van der Waals surface area contributed by atoms with E-state index in [2.05, 4.69) is 53.7 Å². The highest BCUT2D eigenvalue weighted by molar-refractivity contribution is 14.1. The summed E-state index contributed by atoms with van der Waals surface area (Å²) in [5.74, 6) is 5.33. The predicted octanol–water partition coefficient (Wildman–Crippen LogP) is 3.19. The van der Waals surface area contributed by atoms with Crippen LogP contribution in [0.2, 0.25) is 5.02 Å². The van der Waals surface area contributed by atoms with Gasteiger partial charge >= 0.3 is 0 Å². The summed E-state index contributed by atoms with van der Waals surface area (Å²) in [6, 6.07) is 6.38. The third-order valence-corrected chi connectivity index (χ3v) is 5.22. The topological polar surface area (TPSA) is 97.1 Å². The van der Waals surface area contributed by atoms with Crippen molar-refractivity contribution in [2.45, 2.75) is 4.90 Å². The van der Waals surface area contributed by atoms with Crippen LogP contribution in [0.1, 0.15) is 0 Å². The van der Waals surface area contributed by atoms with Crippen LogP contribution < -0.4 is 16.0 Å². The summed E-state index contributed by atoms with van der Waals surface area (Å²) in [5, 5.41) is 0.302. The lowest BCUT2D eigenvalue weighted by molar-refractivity contribution is 0.601. The molecule has 2 aromatic rings. The predicted molar refractivity (Wildman–Crippen MR) is 94.7 cm³/mol. The first-order valence-electron chi connectivity index (χ1n) is 5.43. The molecule has 4 N–H and O–H groups in total. The zero-order chi connectivity index (χ0) is 15.6. The monoisotopic (exact) mass is 502 g/mol. The molecule has 1 aromatic heterocycles. The highest BCUT2D eigenvalue weighted by atomic mass is 127. The molecular weight excluding hydrogens is 494 g/mol. The van der Waals surface area contributed by atoms with Gasteiger partial charge in [0, 0.05) is 14.2 Å². The van der Waals surface area contributed by atoms with Crippen molar-refractivity contribution in [1.82, 2.24) is 4.98 Å². The summed E-state index contributed by atoms with van der Waals surface area (Å²) < 4.78 is 28.7. The smallest absolute Gasteiger partial charge is 0.265 e. The summed E-state index contributed by atoms with van der Waals surface area (Å²) in [5.41, 5.74) is 2.53. The summed E-state index contributed by atoms with van der Waals surface area (Å²) in [6.07, 6.45) is 1.44. The number of anilines is 2. The van der Waals surface area contributed by atoms with Crippen LogP contribution in [0.15, 0.2) is 39.8 Å². The van der Waals surface area contributed by atoms with Crippen molar-refractivity contribution in [2.75, 3.05) is 10.1 Å². The highest BCUT2D eigenvalue weighted by Crippen LogP contribution is 2.29. The van der Waals surface area contributed by atoms with Gasteiger partial charge in [-0.05, 0) is 62.8 Å². The standard InChI is InChI=1S/C11H9BrClIN4O2S/c12-6-3-10(11(17-15)16-5-6)21(19,20)18-9-2-1-7(14)4-8(9)13/h1-5,18H,15H2,(H,16,17). The number of aromatic nitrogens is 1. The van der Waals surface area contributed by atoms with Crippen molar-refractivity contribution >= 4 is 71.7 Å². The normalized spacial score (nSPS) is 11.2. The third-order valence-electron chi connectivity index (χ3n) is 2.42. The number of nitrogens with one attached hydrogen (secondary N) is 2. The molecule has 1 aromatic carbocycles. The number of benzene rings is 1. The molecule has 0 aliphatic rings. The van der Waals surface area contributed by atoms with Crippen LogP contribution in [-0.2, 0) is 10.0 Å². The molecule has 0 saturated carbocycles. The maximum Gasteiger partial charge on any atom is 0.265 e. The van der Waals surface area contributed by atoms with E-state index in [-0.39, 0.29) is 16.4 Å². The van der Waals surface area contributed by atoms with E-state index in [1.54, 1.807) is 18.2 Å². The molecule has 2 rings (SSSR count). The molecule has 0 atom stereocenters. The van der Waals surface area contributed by atoms with E-state index in [0.29, 0.717) is 9.50 Å². The van der Waals surface area contributed by atoms with Crippen LogP contribution in [-0.4, -0.2) is 13.4 Å². The van der Waals surface area contributed by atoms with Gasteiger partial charge in [-0.2, -0.15) is 0 Å². The lowest BCUT2D eigenvalue weighted by Crippen LogP contribution is -2.18. The minimum absolute atomic E-state index is 0.0346. The number of pyridine rings is 1. The molecular formula is C11H9BrClIN4O2S. The zero-order valence-electron chi connectivity index (χ0n) is 10.3. The molecule has 10 heteroatoms. The fraction of sp³-hybridized carbons (Fsp3) is 0. The fourth-order valence-electron chi connectivity index (χ4n) is 1.51. The van der Waals surface area contributed by atoms with Gasteiger partial charge in [0.25, 0.3) is 10.0 Å². The average molecular weight is 504 g/mol. The number of sulfonamides is 1. The van der Waals surface area contributed by atoms with Crippen molar-refractivity contribution in [3.05, 3.63) is 43.5 Å². The van der Waals surface area contributed by atoms with E-state index < -0.39 is 10.0 Å². The molecule has 0 radical (unpaired) electrons. The quantitative estimate of drug-likeness (QED) is 0.338. The second-order valence-electron chi connectivity index (χ2n) is 3.87. The number of rotatable bonds is 4. The first kappa shape index (κ1) is 16.7. The van der Waals surface area contributed by atoms with Crippen LogP contribution in [0.5, 0.6) is 0 Å². The molecule has 6 nitrogen and oxygen atoms in total. The van der Waals surface area contributed by atoms with Gasteiger partial charge in [0.15, 0.2) is 5.82 Å². The molecule has 0 fully saturated rings. The fourth-order valence-corrected chi connectivity index (χ4v) is 4.17. The van der Waals surface area contributed by atoms with Crippen LogP contribution >= 0.6 is 50.1 Å². The van der Waals surface area contributed by atoms with Gasteiger partial charge in [0.05, 0.1) is 10.7 Å². The Kier molecular flexibility index (Phi) is 5.30. The number of hydrogen-bond acceptors (Lipinski definition) is 5. The van der Waals surface area contributed by atoms with Gasteiger partial charge in [-0.15, -0.1) is 0 Å². The Bertz CT molecular complexity index is 788. The first-order valence-corrected chi connectivity index (χ1v) is 9.17. The SMILES string of the molecule is NNc1ncc(Br)cc1S(=O)(=O)Nc1ccc(I)cc1Cl. The number of halogens is 3. The first-order chi connectivity index (χ1) is 9.83.